The zero-order valence-corrected chi connectivity index (χ0v) is 15.9. The van der Waals surface area contributed by atoms with Crippen LogP contribution < -0.4 is 16.0 Å². The number of halogens is 3. The summed E-state index contributed by atoms with van der Waals surface area (Å²) >= 11 is 6.40. The Labute approximate surface area is 165 Å². The van der Waals surface area contributed by atoms with Crippen LogP contribution in [0.15, 0.2) is 24.3 Å². The number of carbonyl (C=O) groups excluding carboxylic acids is 1. The first-order valence-corrected chi connectivity index (χ1v) is 9.07. The Balaban J connectivity index is 1.99. The van der Waals surface area contributed by atoms with Gasteiger partial charge in [-0.1, -0.05) is 11.6 Å². The fraction of sp³-hybridized carbons (Fsp3) is 0.389. The van der Waals surface area contributed by atoms with Crippen LogP contribution in [0, 0.1) is 6.92 Å². The van der Waals surface area contributed by atoms with Crippen LogP contribution in [0.4, 0.5) is 26.2 Å². The predicted octanol–water partition coefficient (Wildman–Crippen LogP) is 3.19. The van der Waals surface area contributed by atoms with Gasteiger partial charge in [-0.2, -0.15) is 13.8 Å². The molecule has 1 aliphatic heterocycles. The van der Waals surface area contributed by atoms with E-state index >= 15 is 0 Å². The minimum Gasteiger partial charge on any atom is -0.379 e. The molecule has 28 heavy (non-hydrogen) atoms. The Bertz CT molecular complexity index is 848. The fourth-order valence-corrected chi connectivity index (χ4v) is 3.35. The molecule has 150 valence electrons. The number of anilines is 3. The van der Waals surface area contributed by atoms with E-state index in [-0.39, 0.29) is 17.7 Å². The summed E-state index contributed by atoms with van der Waals surface area (Å²) in [6.07, 6.45) is -2.34. The largest absolute Gasteiger partial charge is 0.379 e. The molecule has 0 saturated carbocycles. The van der Waals surface area contributed by atoms with E-state index in [1.807, 2.05) is 17.9 Å². The number of amides is 1. The lowest BCUT2D eigenvalue weighted by Gasteiger charge is -2.31. The Morgan fingerprint density at radius 2 is 2.18 bits per heavy atom. The SMILES string of the molecule is Cc1cc(N2CCCOCC2c2cc(NC(=O)C(F)F)ccc2Cl)nc(N)n1. The maximum absolute atomic E-state index is 12.6. The molecule has 1 amide bonds. The number of hydrogen-bond donors (Lipinski definition) is 2. The first kappa shape index (κ1) is 20.2. The number of nitrogen functional groups attached to an aromatic ring is 1. The van der Waals surface area contributed by atoms with Crippen LogP contribution in [0.5, 0.6) is 0 Å². The number of nitrogens with zero attached hydrogens (tertiary/aromatic N) is 3. The molecule has 0 bridgehead atoms. The highest BCUT2D eigenvalue weighted by Gasteiger charge is 2.27. The van der Waals surface area contributed by atoms with Crippen molar-refractivity contribution in [3.63, 3.8) is 0 Å². The Morgan fingerprint density at radius 3 is 2.89 bits per heavy atom. The van der Waals surface area contributed by atoms with Gasteiger partial charge in [0.1, 0.15) is 5.82 Å². The maximum atomic E-state index is 12.6. The van der Waals surface area contributed by atoms with Crippen LogP contribution in [0.1, 0.15) is 23.7 Å². The van der Waals surface area contributed by atoms with Gasteiger partial charge in [0, 0.05) is 35.6 Å². The second kappa shape index (κ2) is 8.66. The van der Waals surface area contributed by atoms with Crippen molar-refractivity contribution in [1.29, 1.82) is 0 Å². The molecule has 0 radical (unpaired) electrons. The molecule has 2 aromatic rings. The second-order valence-corrected chi connectivity index (χ2v) is 6.80. The van der Waals surface area contributed by atoms with E-state index in [0.717, 1.165) is 12.1 Å². The summed E-state index contributed by atoms with van der Waals surface area (Å²) in [5.74, 6) is -0.594. The van der Waals surface area contributed by atoms with Crippen molar-refractivity contribution in [2.75, 3.05) is 35.7 Å². The molecule has 2 heterocycles. The third kappa shape index (κ3) is 4.66. The number of benzene rings is 1. The topological polar surface area (TPSA) is 93.4 Å². The van der Waals surface area contributed by atoms with Gasteiger partial charge in [0.2, 0.25) is 5.95 Å². The van der Waals surface area contributed by atoms with Crippen LogP contribution in [0.3, 0.4) is 0 Å². The van der Waals surface area contributed by atoms with Crippen LogP contribution in [-0.2, 0) is 9.53 Å². The van der Waals surface area contributed by atoms with E-state index in [2.05, 4.69) is 15.3 Å². The minimum absolute atomic E-state index is 0.156. The number of hydrogen-bond acceptors (Lipinski definition) is 6. The van der Waals surface area contributed by atoms with Gasteiger partial charge in [0.05, 0.1) is 12.6 Å². The highest BCUT2D eigenvalue weighted by molar-refractivity contribution is 6.31. The molecule has 10 heteroatoms. The molecule has 0 aliphatic carbocycles. The Morgan fingerprint density at radius 1 is 1.39 bits per heavy atom. The van der Waals surface area contributed by atoms with Crippen molar-refractivity contribution in [3.8, 4) is 0 Å². The lowest BCUT2D eigenvalue weighted by molar-refractivity contribution is -0.126. The van der Waals surface area contributed by atoms with Crippen LogP contribution >= 0.6 is 11.6 Å². The van der Waals surface area contributed by atoms with E-state index in [0.29, 0.717) is 36.2 Å². The number of ether oxygens (including phenoxy) is 1. The molecule has 1 fully saturated rings. The van der Waals surface area contributed by atoms with Gasteiger partial charge in [0.15, 0.2) is 0 Å². The number of aryl methyl sites for hydroxylation is 1. The monoisotopic (exact) mass is 411 g/mol. The van der Waals surface area contributed by atoms with Gasteiger partial charge in [0.25, 0.3) is 5.91 Å². The van der Waals surface area contributed by atoms with Crippen molar-refractivity contribution in [1.82, 2.24) is 9.97 Å². The normalized spacial score (nSPS) is 17.5. The van der Waals surface area contributed by atoms with Gasteiger partial charge < -0.3 is 20.7 Å². The summed E-state index contributed by atoms with van der Waals surface area (Å²) in [6, 6.07) is 6.07. The van der Waals surface area contributed by atoms with Crippen molar-refractivity contribution >= 4 is 35.0 Å². The van der Waals surface area contributed by atoms with E-state index in [1.165, 1.54) is 6.07 Å². The van der Waals surface area contributed by atoms with Crippen molar-refractivity contribution in [3.05, 3.63) is 40.5 Å². The standard InChI is InChI=1S/C18H20ClF2N5O2/c1-10-7-15(25-18(22)23-10)26-5-2-6-28-9-14(26)12-8-11(3-4-13(12)19)24-17(27)16(20)21/h3-4,7-8,14,16H,2,5-6,9H2,1H3,(H,24,27)(H2,22,23,25). The summed E-state index contributed by atoms with van der Waals surface area (Å²) in [7, 11) is 0. The summed E-state index contributed by atoms with van der Waals surface area (Å²) in [4.78, 5) is 21.8. The first-order chi connectivity index (χ1) is 13.3. The van der Waals surface area contributed by atoms with E-state index < -0.39 is 12.3 Å². The number of nitrogens with two attached hydrogens (primary N) is 1. The summed E-state index contributed by atoms with van der Waals surface area (Å²) in [5.41, 5.74) is 7.38. The zero-order chi connectivity index (χ0) is 20.3. The van der Waals surface area contributed by atoms with Crippen molar-refractivity contribution in [2.45, 2.75) is 25.8 Å². The van der Waals surface area contributed by atoms with Crippen LogP contribution in [0.25, 0.3) is 0 Å². The van der Waals surface area contributed by atoms with E-state index in [9.17, 15) is 13.6 Å². The van der Waals surface area contributed by atoms with Crippen molar-refractivity contribution in [2.24, 2.45) is 0 Å². The second-order valence-electron chi connectivity index (χ2n) is 6.39. The smallest absolute Gasteiger partial charge is 0.315 e. The third-order valence-electron chi connectivity index (χ3n) is 4.31. The summed E-state index contributed by atoms with van der Waals surface area (Å²) in [5, 5.41) is 2.61. The molecular formula is C18H20ClF2N5O2. The summed E-state index contributed by atoms with van der Waals surface area (Å²) in [6.45, 7) is 3.32. The van der Waals surface area contributed by atoms with E-state index in [1.54, 1.807) is 12.1 Å². The number of aromatic nitrogens is 2. The third-order valence-corrected chi connectivity index (χ3v) is 4.66. The average Bonchev–Trinajstić information content (AvgIpc) is 2.88. The Kier molecular flexibility index (Phi) is 6.25. The molecule has 1 aliphatic rings. The number of carbonyl (C=O) groups is 1. The minimum atomic E-state index is -3.11. The number of alkyl halides is 2. The van der Waals surface area contributed by atoms with Gasteiger partial charge in [-0.3, -0.25) is 4.79 Å². The maximum Gasteiger partial charge on any atom is 0.315 e. The lowest BCUT2D eigenvalue weighted by Crippen LogP contribution is -2.32. The van der Waals surface area contributed by atoms with Gasteiger partial charge in [-0.25, -0.2) is 4.98 Å². The fourth-order valence-electron chi connectivity index (χ4n) is 3.10. The lowest BCUT2D eigenvalue weighted by atomic mass is 10.0. The molecule has 3 N–H and O–H groups in total. The van der Waals surface area contributed by atoms with E-state index in [4.69, 9.17) is 22.1 Å². The predicted molar refractivity (Wildman–Crippen MR) is 103 cm³/mol. The zero-order valence-electron chi connectivity index (χ0n) is 15.2. The quantitative estimate of drug-likeness (QED) is 0.802. The first-order valence-electron chi connectivity index (χ1n) is 8.69. The molecule has 1 atom stereocenters. The molecule has 0 spiro atoms. The summed E-state index contributed by atoms with van der Waals surface area (Å²) < 4.78 is 30.8. The van der Waals surface area contributed by atoms with Crippen LogP contribution in [-0.4, -0.2) is 42.1 Å². The molecule has 3 rings (SSSR count). The van der Waals surface area contributed by atoms with Gasteiger partial charge in [-0.15, -0.1) is 0 Å². The van der Waals surface area contributed by atoms with Gasteiger partial charge >= 0.3 is 6.43 Å². The molecular weight excluding hydrogens is 392 g/mol. The molecule has 1 saturated heterocycles. The Hall–Kier alpha value is -2.52. The number of nitrogens with one attached hydrogen (secondary N) is 1. The number of rotatable bonds is 4. The van der Waals surface area contributed by atoms with Gasteiger partial charge in [-0.05, 0) is 37.1 Å². The highest BCUT2D eigenvalue weighted by atomic mass is 35.5. The molecule has 1 aromatic carbocycles. The van der Waals surface area contributed by atoms with Crippen LogP contribution in [0.2, 0.25) is 5.02 Å². The molecule has 1 aromatic heterocycles. The van der Waals surface area contributed by atoms with Crippen molar-refractivity contribution < 1.29 is 18.3 Å². The molecule has 1 unspecified atom stereocenters. The highest BCUT2D eigenvalue weighted by Crippen LogP contribution is 2.34. The average molecular weight is 412 g/mol. The molecule has 7 nitrogen and oxygen atoms in total.